The SMILES string of the molecule is NNc1ccc(S(=O)(=O)NC2CNC(=O)C2)cc1[N+](=O)[O-]. The first-order chi connectivity index (χ1) is 9.83. The van der Waals surface area contributed by atoms with Crippen LogP contribution < -0.4 is 21.3 Å². The van der Waals surface area contributed by atoms with E-state index in [4.69, 9.17) is 5.84 Å². The summed E-state index contributed by atoms with van der Waals surface area (Å²) in [5.74, 6) is 4.88. The lowest BCUT2D eigenvalue weighted by atomic mass is 10.3. The minimum absolute atomic E-state index is 0.00309. The first kappa shape index (κ1) is 15.2. The molecule has 2 rings (SSSR count). The fourth-order valence-electron chi connectivity index (χ4n) is 1.93. The van der Waals surface area contributed by atoms with Crippen molar-refractivity contribution in [3.63, 3.8) is 0 Å². The molecule has 0 aromatic heterocycles. The standard InChI is InChI=1S/C10H13N5O5S/c11-13-8-2-1-7(4-9(8)15(17)18)21(19,20)14-6-3-10(16)12-5-6/h1-2,4,6,13-14H,3,5,11H2,(H,12,16). The second kappa shape index (κ2) is 5.63. The molecule has 5 N–H and O–H groups in total. The van der Waals surface area contributed by atoms with Gasteiger partial charge in [-0.3, -0.25) is 20.8 Å². The van der Waals surface area contributed by atoms with Crippen LogP contribution in [0, 0.1) is 10.1 Å². The van der Waals surface area contributed by atoms with E-state index in [1.165, 1.54) is 12.1 Å². The predicted octanol–water partition coefficient (Wildman–Crippen LogP) is -0.953. The molecule has 1 aromatic rings. The third-order valence-electron chi connectivity index (χ3n) is 2.93. The molecule has 0 radical (unpaired) electrons. The molecular weight excluding hydrogens is 302 g/mol. The van der Waals surface area contributed by atoms with Gasteiger partial charge < -0.3 is 10.7 Å². The van der Waals surface area contributed by atoms with Crippen LogP contribution in [0.3, 0.4) is 0 Å². The van der Waals surface area contributed by atoms with E-state index in [0.717, 1.165) is 6.07 Å². The lowest BCUT2D eigenvalue weighted by molar-refractivity contribution is -0.384. The molecule has 1 saturated heterocycles. The lowest BCUT2D eigenvalue weighted by Gasteiger charge is -2.11. The minimum atomic E-state index is -3.96. The summed E-state index contributed by atoms with van der Waals surface area (Å²) in [6.07, 6.45) is 0.0315. The zero-order chi connectivity index (χ0) is 15.6. The highest BCUT2D eigenvalue weighted by molar-refractivity contribution is 7.89. The molecule has 1 aliphatic heterocycles. The number of sulfonamides is 1. The molecule has 1 unspecified atom stereocenters. The zero-order valence-electron chi connectivity index (χ0n) is 10.7. The number of carbonyl (C=O) groups excluding carboxylic acids is 1. The number of nitrogens with zero attached hydrogens (tertiary/aromatic N) is 1. The number of hydrogen-bond donors (Lipinski definition) is 4. The van der Waals surface area contributed by atoms with E-state index in [0.29, 0.717) is 0 Å². The third-order valence-corrected chi connectivity index (χ3v) is 4.45. The fraction of sp³-hybridized carbons (Fsp3) is 0.300. The molecule has 1 fully saturated rings. The Hall–Kier alpha value is -2.24. The molecule has 1 amide bonds. The van der Waals surface area contributed by atoms with Crippen molar-refractivity contribution in [2.24, 2.45) is 5.84 Å². The summed E-state index contributed by atoms with van der Waals surface area (Å²) in [6, 6.07) is 2.72. The van der Waals surface area contributed by atoms with Crippen molar-refractivity contribution in [2.45, 2.75) is 17.4 Å². The quantitative estimate of drug-likeness (QED) is 0.310. The number of carbonyl (C=O) groups is 1. The highest BCUT2D eigenvalue weighted by atomic mass is 32.2. The normalized spacial score (nSPS) is 18.3. The number of amides is 1. The number of nitrogens with one attached hydrogen (secondary N) is 3. The van der Waals surface area contributed by atoms with Gasteiger partial charge in [0.1, 0.15) is 5.69 Å². The van der Waals surface area contributed by atoms with Gasteiger partial charge in [-0.25, -0.2) is 13.1 Å². The smallest absolute Gasteiger partial charge is 0.294 e. The molecule has 1 atom stereocenters. The minimum Gasteiger partial charge on any atom is -0.354 e. The van der Waals surface area contributed by atoms with Crippen LogP contribution in [0.25, 0.3) is 0 Å². The van der Waals surface area contributed by atoms with Crippen LogP contribution in [0.5, 0.6) is 0 Å². The fourth-order valence-corrected chi connectivity index (χ4v) is 3.18. The number of rotatable bonds is 5. The monoisotopic (exact) mass is 315 g/mol. The van der Waals surface area contributed by atoms with Crippen molar-refractivity contribution >= 4 is 27.3 Å². The van der Waals surface area contributed by atoms with Gasteiger partial charge in [0.2, 0.25) is 15.9 Å². The lowest BCUT2D eigenvalue weighted by Crippen LogP contribution is -2.36. The molecule has 0 aliphatic carbocycles. The third kappa shape index (κ3) is 3.26. The van der Waals surface area contributed by atoms with Crippen molar-refractivity contribution in [1.29, 1.82) is 0 Å². The molecule has 11 heteroatoms. The van der Waals surface area contributed by atoms with Gasteiger partial charge in [-0.2, -0.15) is 0 Å². The number of nitrogen functional groups attached to an aromatic ring is 1. The molecule has 0 saturated carbocycles. The summed E-state index contributed by atoms with van der Waals surface area (Å²) in [5.41, 5.74) is 1.66. The van der Waals surface area contributed by atoms with Crippen molar-refractivity contribution < 1.29 is 18.1 Å². The van der Waals surface area contributed by atoms with Crippen molar-refractivity contribution in [3.8, 4) is 0 Å². The first-order valence-corrected chi connectivity index (χ1v) is 7.36. The maximum absolute atomic E-state index is 12.1. The second-order valence-electron chi connectivity index (χ2n) is 4.41. The van der Waals surface area contributed by atoms with Crippen LogP contribution in [0.2, 0.25) is 0 Å². The van der Waals surface area contributed by atoms with Gasteiger partial charge >= 0.3 is 0 Å². The van der Waals surface area contributed by atoms with Gasteiger partial charge in [-0.15, -0.1) is 0 Å². The highest BCUT2D eigenvalue weighted by Crippen LogP contribution is 2.26. The summed E-state index contributed by atoms with van der Waals surface area (Å²) in [7, 11) is -3.96. The number of anilines is 1. The van der Waals surface area contributed by atoms with Crippen molar-refractivity contribution in [3.05, 3.63) is 28.3 Å². The summed E-state index contributed by atoms with van der Waals surface area (Å²) >= 11 is 0. The number of hydrogen-bond acceptors (Lipinski definition) is 7. The van der Waals surface area contributed by atoms with E-state index in [9.17, 15) is 23.3 Å². The molecule has 1 heterocycles. The van der Waals surface area contributed by atoms with Crippen LogP contribution in [0.4, 0.5) is 11.4 Å². The van der Waals surface area contributed by atoms with Crippen molar-refractivity contribution in [1.82, 2.24) is 10.0 Å². The zero-order valence-corrected chi connectivity index (χ0v) is 11.5. The summed E-state index contributed by atoms with van der Waals surface area (Å²) in [6.45, 7) is 0.183. The van der Waals surface area contributed by atoms with E-state index in [1.807, 2.05) is 0 Å². The number of hydrazine groups is 1. The Balaban J connectivity index is 2.29. The van der Waals surface area contributed by atoms with E-state index in [-0.39, 0.29) is 29.5 Å². The van der Waals surface area contributed by atoms with Crippen LogP contribution in [0.15, 0.2) is 23.1 Å². The summed E-state index contributed by atoms with van der Waals surface area (Å²) < 4.78 is 26.6. The van der Waals surface area contributed by atoms with Crippen LogP contribution >= 0.6 is 0 Å². The van der Waals surface area contributed by atoms with Gasteiger partial charge in [-0.05, 0) is 12.1 Å². The summed E-state index contributed by atoms with van der Waals surface area (Å²) in [4.78, 5) is 20.9. The average Bonchev–Trinajstić information content (AvgIpc) is 2.82. The Morgan fingerprint density at radius 1 is 1.43 bits per heavy atom. The maximum Gasteiger partial charge on any atom is 0.294 e. The molecule has 10 nitrogen and oxygen atoms in total. The number of nitro groups is 1. The van der Waals surface area contributed by atoms with E-state index in [1.54, 1.807) is 0 Å². The molecular formula is C10H13N5O5S. The summed E-state index contributed by atoms with van der Waals surface area (Å²) in [5, 5.41) is 13.4. The molecule has 0 bridgehead atoms. The van der Waals surface area contributed by atoms with Gasteiger partial charge in [0.05, 0.1) is 9.82 Å². The number of benzene rings is 1. The van der Waals surface area contributed by atoms with E-state index in [2.05, 4.69) is 15.5 Å². The Morgan fingerprint density at radius 2 is 2.14 bits per heavy atom. The molecule has 1 aliphatic rings. The van der Waals surface area contributed by atoms with Crippen LogP contribution in [-0.4, -0.2) is 31.8 Å². The molecule has 0 spiro atoms. The average molecular weight is 315 g/mol. The molecule has 114 valence electrons. The van der Waals surface area contributed by atoms with Gasteiger partial charge in [-0.1, -0.05) is 0 Å². The first-order valence-electron chi connectivity index (χ1n) is 5.87. The Morgan fingerprint density at radius 3 is 2.67 bits per heavy atom. The van der Waals surface area contributed by atoms with Gasteiger partial charge in [0, 0.05) is 25.1 Å². The Kier molecular flexibility index (Phi) is 4.06. The Bertz CT molecular complexity index is 689. The number of nitro benzene ring substituents is 1. The van der Waals surface area contributed by atoms with Crippen molar-refractivity contribution in [2.75, 3.05) is 12.0 Å². The topological polar surface area (TPSA) is 156 Å². The second-order valence-corrected chi connectivity index (χ2v) is 6.12. The van der Waals surface area contributed by atoms with Gasteiger partial charge in [0.25, 0.3) is 5.69 Å². The van der Waals surface area contributed by atoms with Gasteiger partial charge in [0.15, 0.2) is 0 Å². The van der Waals surface area contributed by atoms with E-state index < -0.39 is 26.7 Å². The molecule has 1 aromatic carbocycles. The molecule has 21 heavy (non-hydrogen) atoms. The maximum atomic E-state index is 12.1. The number of nitrogens with two attached hydrogens (primary N) is 1. The van der Waals surface area contributed by atoms with E-state index >= 15 is 0 Å². The Labute approximate surface area is 119 Å². The van der Waals surface area contributed by atoms with Crippen LogP contribution in [0.1, 0.15) is 6.42 Å². The largest absolute Gasteiger partial charge is 0.354 e. The predicted molar refractivity (Wildman–Crippen MR) is 72.6 cm³/mol. The highest BCUT2D eigenvalue weighted by Gasteiger charge is 2.28. The van der Waals surface area contributed by atoms with Crippen LogP contribution in [-0.2, 0) is 14.8 Å².